The van der Waals surface area contributed by atoms with Crippen molar-refractivity contribution in [2.45, 2.75) is 13.3 Å². The second-order valence-corrected chi connectivity index (χ2v) is 4.06. The summed E-state index contributed by atoms with van der Waals surface area (Å²) in [4.78, 5) is 0. The fourth-order valence-corrected chi connectivity index (χ4v) is 1.12. The van der Waals surface area contributed by atoms with Gasteiger partial charge < -0.3 is 0 Å². The number of halogens is 1. The summed E-state index contributed by atoms with van der Waals surface area (Å²) in [5.74, 6) is -0.636. The van der Waals surface area contributed by atoms with Crippen molar-refractivity contribution in [3.63, 3.8) is 0 Å². The van der Waals surface area contributed by atoms with Crippen LogP contribution >= 0.6 is 0 Å². The highest BCUT2D eigenvalue weighted by Gasteiger charge is 2.05. The van der Waals surface area contributed by atoms with E-state index in [1.807, 2.05) is 4.72 Å². The third-order valence-corrected chi connectivity index (χ3v) is 1.60. The maximum Gasteiger partial charge on any atom is 0.229 e. The van der Waals surface area contributed by atoms with Crippen molar-refractivity contribution in [3.05, 3.63) is 24.2 Å². The molecule has 0 rings (SSSR count). The lowest BCUT2D eigenvalue weighted by atomic mass is 10.3. The van der Waals surface area contributed by atoms with Crippen LogP contribution in [0.15, 0.2) is 24.2 Å². The van der Waals surface area contributed by atoms with Gasteiger partial charge in [-0.2, -0.15) is 0 Å². The van der Waals surface area contributed by atoms with E-state index in [9.17, 15) is 12.8 Å². The molecule has 0 aliphatic heterocycles. The summed E-state index contributed by atoms with van der Waals surface area (Å²) in [5.41, 5.74) is -0.223. The zero-order chi connectivity index (χ0) is 9.78. The Morgan fingerprint density at radius 1 is 1.67 bits per heavy atom. The fraction of sp³-hybridized carbons (Fsp3) is 0.429. The van der Waals surface area contributed by atoms with Crippen molar-refractivity contribution in [1.82, 2.24) is 4.72 Å². The summed E-state index contributed by atoms with van der Waals surface area (Å²) in [6.07, 6.45) is 2.69. The van der Waals surface area contributed by atoms with Crippen LogP contribution in [0.1, 0.15) is 13.3 Å². The van der Waals surface area contributed by atoms with Gasteiger partial charge in [0.1, 0.15) is 5.83 Å². The van der Waals surface area contributed by atoms with E-state index < -0.39 is 15.9 Å². The van der Waals surface area contributed by atoms with E-state index in [1.54, 1.807) is 6.92 Å². The topological polar surface area (TPSA) is 46.2 Å². The molecule has 0 aromatic carbocycles. The van der Waals surface area contributed by atoms with E-state index in [2.05, 4.69) is 6.58 Å². The lowest BCUT2D eigenvalue weighted by Gasteiger charge is -2.03. The molecule has 0 aromatic heterocycles. The van der Waals surface area contributed by atoms with Gasteiger partial charge in [-0.3, -0.25) is 4.72 Å². The molecule has 5 heteroatoms. The molecule has 70 valence electrons. The standard InChI is InChI=1S/C7H12FNO2S/c1-4-5-7(8)6(2)9-12(3,10)11/h5,9H,2,4H2,1,3H3/b7-5+. The van der Waals surface area contributed by atoms with Gasteiger partial charge >= 0.3 is 0 Å². The van der Waals surface area contributed by atoms with Crippen LogP contribution in [0.25, 0.3) is 0 Å². The maximum absolute atomic E-state index is 12.8. The number of sulfonamides is 1. The lowest BCUT2D eigenvalue weighted by Crippen LogP contribution is -2.20. The van der Waals surface area contributed by atoms with Gasteiger partial charge in [0.25, 0.3) is 0 Å². The van der Waals surface area contributed by atoms with Gasteiger partial charge in [-0.05, 0) is 12.5 Å². The number of hydrogen-bond donors (Lipinski definition) is 1. The Hall–Kier alpha value is -0.840. The molecule has 0 aliphatic rings. The highest BCUT2D eigenvalue weighted by atomic mass is 32.2. The summed E-state index contributed by atoms with van der Waals surface area (Å²) in [5, 5.41) is 0. The second-order valence-electron chi connectivity index (χ2n) is 2.31. The largest absolute Gasteiger partial charge is 0.281 e. The van der Waals surface area contributed by atoms with Gasteiger partial charge in [0.05, 0.1) is 12.0 Å². The Bertz CT molecular complexity index is 293. The van der Waals surface area contributed by atoms with E-state index in [0.717, 1.165) is 6.26 Å². The number of hydrogen-bond acceptors (Lipinski definition) is 2. The summed E-state index contributed by atoms with van der Waals surface area (Å²) in [6.45, 7) is 4.97. The Morgan fingerprint density at radius 2 is 2.17 bits per heavy atom. The highest BCUT2D eigenvalue weighted by Crippen LogP contribution is 2.07. The zero-order valence-electron chi connectivity index (χ0n) is 7.09. The molecule has 0 atom stereocenters. The van der Waals surface area contributed by atoms with Crippen molar-refractivity contribution in [2.24, 2.45) is 0 Å². The molecule has 0 saturated heterocycles. The Morgan fingerprint density at radius 3 is 2.50 bits per heavy atom. The molecule has 0 radical (unpaired) electrons. The van der Waals surface area contributed by atoms with Crippen LogP contribution in [0, 0.1) is 0 Å². The molecule has 0 bridgehead atoms. The van der Waals surface area contributed by atoms with Gasteiger partial charge in [0.15, 0.2) is 0 Å². The third kappa shape index (κ3) is 4.90. The zero-order valence-corrected chi connectivity index (χ0v) is 7.91. The normalized spacial score (nSPS) is 12.8. The monoisotopic (exact) mass is 193 g/mol. The fourth-order valence-electron chi connectivity index (χ4n) is 0.575. The summed E-state index contributed by atoms with van der Waals surface area (Å²) < 4.78 is 35.9. The molecule has 0 heterocycles. The van der Waals surface area contributed by atoms with E-state index >= 15 is 0 Å². The minimum Gasteiger partial charge on any atom is -0.281 e. The minimum absolute atomic E-state index is 0.223. The molecule has 0 amide bonds. The summed E-state index contributed by atoms with van der Waals surface area (Å²) in [6, 6.07) is 0. The number of allylic oxidation sites excluding steroid dienone is 2. The molecule has 0 aromatic rings. The van der Waals surface area contributed by atoms with Crippen molar-refractivity contribution in [1.29, 1.82) is 0 Å². The molecule has 0 fully saturated rings. The van der Waals surface area contributed by atoms with Crippen LogP contribution in [0.3, 0.4) is 0 Å². The number of rotatable bonds is 4. The Kier molecular flexibility index (Phi) is 3.95. The lowest BCUT2D eigenvalue weighted by molar-refractivity contribution is 0.587. The van der Waals surface area contributed by atoms with E-state index in [0.29, 0.717) is 6.42 Å². The van der Waals surface area contributed by atoms with E-state index in [4.69, 9.17) is 0 Å². The van der Waals surface area contributed by atoms with Crippen molar-refractivity contribution >= 4 is 10.0 Å². The SMILES string of the molecule is C=C(NS(C)(=O)=O)/C(F)=C\CC. The van der Waals surface area contributed by atoms with Crippen LogP contribution in [-0.4, -0.2) is 14.7 Å². The first-order valence-corrected chi connectivity index (χ1v) is 5.28. The van der Waals surface area contributed by atoms with Crippen LogP contribution in [0.4, 0.5) is 4.39 Å². The van der Waals surface area contributed by atoms with Gasteiger partial charge in [-0.1, -0.05) is 13.5 Å². The van der Waals surface area contributed by atoms with Crippen LogP contribution in [0.2, 0.25) is 0 Å². The Balaban J connectivity index is 4.35. The molecular formula is C7H12FNO2S. The van der Waals surface area contributed by atoms with Crippen molar-refractivity contribution in [2.75, 3.05) is 6.26 Å². The van der Waals surface area contributed by atoms with Gasteiger partial charge in [-0.15, -0.1) is 0 Å². The van der Waals surface area contributed by atoms with Crippen molar-refractivity contribution < 1.29 is 12.8 Å². The summed E-state index contributed by atoms with van der Waals surface area (Å²) in [7, 11) is -3.42. The Labute approximate surface area is 72.0 Å². The molecule has 0 spiro atoms. The second kappa shape index (κ2) is 4.25. The maximum atomic E-state index is 12.8. The quantitative estimate of drug-likeness (QED) is 0.684. The first kappa shape index (κ1) is 11.2. The molecule has 3 nitrogen and oxygen atoms in total. The summed E-state index contributed by atoms with van der Waals surface area (Å²) >= 11 is 0. The van der Waals surface area contributed by atoms with Crippen molar-refractivity contribution in [3.8, 4) is 0 Å². The van der Waals surface area contributed by atoms with Gasteiger partial charge in [-0.25, -0.2) is 12.8 Å². The predicted octanol–water partition coefficient (Wildman–Crippen LogP) is 1.31. The molecule has 0 aliphatic carbocycles. The van der Waals surface area contributed by atoms with Crippen LogP contribution in [0.5, 0.6) is 0 Å². The van der Waals surface area contributed by atoms with E-state index in [1.165, 1.54) is 6.08 Å². The molecule has 0 saturated carbocycles. The first-order valence-electron chi connectivity index (χ1n) is 3.39. The van der Waals surface area contributed by atoms with E-state index in [-0.39, 0.29) is 5.70 Å². The highest BCUT2D eigenvalue weighted by molar-refractivity contribution is 7.88. The number of nitrogens with one attached hydrogen (secondary N) is 1. The van der Waals surface area contributed by atoms with Gasteiger partial charge in [0.2, 0.25) is 10.0 Å². The average Bonchev–Trinajstić information content (AvgIpc) is 1.84. The minimum atomic E-state index is -3.42. The smallest absolute Gasteiger partial charge is 0.229 e. The van der Waals surface area contributed by atoms with Crippen LogP contribution < -0.4 is 4.72 Å². The average molecular weight is 193 g/mol. The predicted molar refractivity (Wildman–Crippen MR) is 46.6 cm³/mol. The molecule has 12 heavy (non-hydrogen) atoms. The van der Waals surface area contributed by atoms with Gasteiger partial charge in [0, 0.05) is 0 Å². The first-order chi connectivity index (χ1) is 5.37. The molecular weight excluding hydrogens is 181 g/mol. The third-order valence-electron chi connectivity index (χ3n) is 0.980. The van der Waals surface area contributed by atoms with Crippen LogP contribution in [-0.2, 0) is 10.0 Å². The molecule has 0 unspecified atom stereocenters. The molecule has 1 N–H and O–H groups in total.